The van der Waals surface area contributed by atoms with Gasteiger partial charge in [-0.3, -0.25) is 0 Å². The molecule has 0 bridgehead atoms. The highest BCUT2D eigenvalue weighted by atomic mass is 16.5. The highest BCUT2D eigenvalue weighted by molar-refractivity contribution is 5.91. The minimum atomic E-state index is -1.27. The Balaban J connectivity index is 3.00. The van der Waals surface area contributed by atoms with E-state index in [1.807, 2.05) is 0 Å². The van der Waals surface area contributed by atoms with Crippen molar-refractivity contribution < 1.29 is 19.7 Å². The number of aromatic nitrogens is 2. The maximum atomic E-state index is 11.3. The second-order valence-corrected chi connectivity index (χ2v) is 3.59. The van der Waals surface area contributed by atoms with Gasteiger partial charge in [-0.2, -0.15) is 0 Å². The molecule has 100 valence electrons. The molecule has 0 fully saturated rings. The van der Waals surface area contributed by atoms with Crippen molar-refractivity contribution >= 4 is 11.8 Å². The molecule has 8 nitrogen and oxygen atoms in total. The summed E-state index contributed by atoms with van der Waals surface area (Å²) in [5.74, 6) is -0.849. The van der Waals surface area contributed by atoms with E-state index in [2.05, 4.69) is 20.0 Å². The number of nitrogens with two attached hydrogens (primary N) is 1. The Bertz CT molecular complexity index is 426. The van der Waals surface area contributed by atoms with Crippen LogP contribution >= 0.6 is 0 Å². The number of hydrogen-bond acceptors (Lipinski definition) is 8. The number of ether oxygens (including phenoxy) is 1. The van der Waals surface area contributed by atoms with Gasteiger partial charge in [0, 0.05) is 6.54 Å². The Kier molecular flexibility index (Phi) is 4.95. The van der Waals surface area contributed by atoms with Crippen molar-refractivity contribution in [3.8, 4) is 0 Å². The molecule has 0 spiro atoms. The molecule has 2 unspecified atom stereocenters. The van der Waals surface area contributed by atoms with E-state index in [1.54, 1.807) is 7.05 Å². The molecule has 1 rings (SSSR count). The molecule has 0 aromatic carbocycles. The highest BCUT2D eigenvalue weighted by Crippen LogP contribution is 2.16. The van der Waals surface area contributed by atoms with Crippen LogP contribution in [0.4, 0.5) is 5.82 Å². The predicted molar refractivity (Wildman–Crippen MR) is 62.7 cm³/mol. The lowest BCUT2D eigenvalue weighted by Gasteiger charge is -2.17. The summed E-state index contributed by atoms with van der Waals surface area (Å²) in [5, 5.41) is 22.1. The van der Waals surface area contributed by atoms with Gasteiger partial charge in [0.2, 0.25) is 0 Å². The number of likely N-dealkylation sites (N-methyl/N-ethyl adjacent to an activating group) is 1. The van der Waals surface area contributed by atoms with Crippen molar-refractivity contribution in [3.63, 3.8) is 0 Å². The normalized spacial score (nSPS) is 14.0. The van der Waals surface area contributed by atoms with Crippen molar-refractivity contribution in [1.29, 1.82) is 0 Å². The zero-order valence-electron chi connectivity index (χ0n) is 10.1. The second-order valence-electron chi connectivity index (χ2n) is 3.59. The molecular formula is C10H16N4O4. The molecule has 0 aliphatic carbocycles. The zero-order valence-corrected chi connectivity index (χ0v) is 10.1. The lowest BCUT2D eigenvalue weighted by molar-refractivity contribution is 0.0172. The Hall–Kier alpha value is -1.77. The number of nitrogens with zero attached hydrogens (tertiary/aromatic N) is 2. The first-order valence-electron chi connectivity index (χ1n) is 5.22. The number of rotatable bonds is 5. The molecule has 0 radical (unpaired) electrons. The first-order valence-corrected chi connectivity index (χ1v) is 5.22. The van der Waals surface area contributed by atoms with E-state index in [1.165, 1.54) is 13.3 Å². The minimum Gasteiger partial charge on any atom is -0.464 e. The first-order chi connectivity index (χ1) is 8.51. The molecule has 1 heterocycles. The molecule has 1 aromatic heterocycles. The van der Waals surface area contributed by atoms with E-state index in [0.717, 1.165) is 0 Å². The van der Waals surface area contributed by atoms with Gasteiger partial charge in [-0.15, -0.1) is 0 Å². The van der Waals surface area contributed by atoms with Crippen LogP contribution in [0.15, 0.2) is 6.20 Å². The van der Waals surface area contributed by atoms with Gasteiger partial charge in [-0.05, 0) is 7.05 Å². The number of carbonyl (C=O) groups is 1. The molecular weight excluding hydrogens is 240 g/mol. The van der Waals surface area contributed by atoms with Crippen LogP contribution < -0.4 is 11.1 Å². The zero-order chi connectivity index (χ0) is 13.7. The Morgan fingerprint density at radius 3 is 2.83 bits per heavy atom. The number of methoxy groups -OCH3 is 1. The Morgan fingerprint density at radius 2 is 2.28 bits per heavy atom. The molecule has 0 saturated heterocycles. The van der Waals surface area contributed by atoms with Crippen LogP contribution in [-0.2, 0) is 4.74 Å². The van der Waals surface area contributed by atoms with Gasteiger partial charge in [-0.1, -0.05) is 0 Å². The topological polar surface area (TPSA) is 131 Å². The number of esters is 1. The average molecular weight is 256 g/mol. The predicted octanol–water partition coefficient (Wildman–Crippen LogP) is -1.54. The van der Waals surface area contributed by atoms with Crippen molar-refractivity contribution in [2.75, 3.05) is 26.4 Å². The number of hydrogen-bond donors (Lipinski definition) is 4. The van der Waals surface area contributed by atoms with Crippen LogP contribution in [0.5, 0.6) is 0 Å². The average Bonchev–Trinajstić information content (AvgIpc) is 2.38. The van der Waals surface area contributed by atoms with Gasteiger partial charge in [0.1, 0.15) is 6.10 Å². The lowest BCUT2D eigenvalue weighted by Crippen LogP contribution is -2.30. The summed E-state index contributed by atoms with van der Waals surface area (Å²) < 4.78 is 4.48. The number of anilines is 1. The molecule has 1 aromatic rings. The van der Waals surface area contributed by atoms with E-state index in [0.29, 0.717) is 0 Å². The largest absolute Gasteiger partial charge is 0.464 e. The summed E-state index contributed by atoms with van der Waals surface area (Å²) in [6.07, 6.45) is -1.14. The first kappa shape index (κ1) is 14.3. The van der Waals surface area contributed by atoms with Crippen molar-refractivity contribution in [3.05, 3.63) is 17.6 Å². The second kappa shape index (κ2) is 6.24. The summed E-state index contributed by atoms with van der Waals surface area (Å²) in [7, 11) is 2.81. The van der Waals surface area contributed by atoms with Gasteiger partial charge in [0.15, 0.2) is 11.5 Å². The van der Waals surface area contributed by atoms with Crippen LogP contribution in [0.25, 0.3) is 0 Å². The number of nitrogen functional groups attached to an aromatic ring is 1. The van der Waals surface area contributed by atoms with E-state index in [9.17, 15) is 15.0 Å². The Morgan fingerprint density at radius 1 is 1.61 bits per heavy atom. The van der Waals surface area contributed by atoms with Gasteiger partial charge >= 0.3 is 5.97 Å². The SMILES string of the molecule is CNCC(O)C(O)c1cnc(N)c(C(=O)OC)n1. The smallest absolute Gasteiger partial charge is 0.360 e. The summed E-state index contributed by atoms with van der Waals surface area (Å²) in [6.45, 7) is 0.167. The fourth-order valence-electron chi connectivity index (χ4n) is 1.32. The van der Waals surface area contributed by atoms with Crippen molar-refractivity contribution in [1.82, 2.24) is 15.3 Å². The maximum Gasteiger partial charge on any atom is 0.360 e. The van der Waals surface area contributed by atoms with Crippen molar-refractivity contribution in [2.45, 2.75) is 12.2 Å². The van der Waals surface area contributed by atoms with Crippen LogP contribution in [0.2, 0.25) is 0 Å². The quantitative estimate of drug-likeness (QED) is 0.466. The fraction of sp³-hybridized carbons (Fsp3) is 0.500. The van der Waals surface area contributed by atoms with Crippen LogP contribution in [0.3, 0.4) is 0 Å². The fourth-order valence-corrected chi connectivity index (χ4v) is 1.32. The molecule has 0 aliphatic rings. The number of aliphatic hydroxyl groups is 2. The van der Waals surface area contributed by atoms with E-state index in [-0.39, 0.29) is 23.8 Å². The summed E-state index contributed by atoms with van der Waals surface area (Å²) >= 11 is 0. The molecule has 2 atom stereocenters. The molecule has 5 N–H and O–H groups in total. The molecule has 0 aliphatic heterocycles. The lowest BCUT2D eigenvalue weighted by atomic mass is 10.1. The van der Waals surface area contributed by atoms with E-state index >= 15 is 0 Å². The van der Waals surface area contributed by atoms with Crippen molar-refractivity contribution in [2.24, 2.45) is 0 Å². The molecule has 8 heteroatoms. The summed E-state index contributed by atoms with van der Waals surface area (Å²) in [6, 6.07) is 0. The number of aliphatic hydroxyl groups excluding tert-OH is 2. The maximum absolute atomic E-state index is 11.3. The van der Waals surface area contributed by atoms with Crippen LogP contribution in [0.1, 0.15) is 22.3 Å². The molecule has 0 saturated carbocycles. The summed E-state index contributed by atoms with van der Waals surface area (Å²) in [5.41, 5.74) is 5.33. The van der Waals surface area contributed by atoms with Gasteiger partial charge < -0.3 is 26.0 Å². The van der Waals surface area contributed by atoms with E-state index in [4.69, 9.17) is 5.73 Å². The monoisotopic (exact) mass is 256 g/mol. The van der Waals surface area contributed by atoms with Gasteiger partial charge in [0.25, 0.3) is 0 Å². The van der Waals surface area contributed by atoms with E-state index < -0.39 is 18.2 Å². The third kappa shape index (κ3) is 3.13. The third-order valence-electron chi connectivity index (χ3n) is 2.28. The van der Waals surface area contributed by atoms with Crippen LogP contribution in [-0.4, -0.2) is 53.0 Å². The Labute approximate surface area is 104 Å². The number of nitrogens with one attached hydrogen (secondary N) is 1. The standard InChI is InChI=1S/C10H16N4O4/c1-12-4-6(15)8(16)5-3-13-9(11)7(14-5)10(17)18-2/h3,6,8,12,15-16H,4H2,1-2H3,(H2,11,13). The molecule has 0 amide bonds. The van der Waals surface area contributed by atoms with Gasteiger partial charge in [-0.25, -0.2) is 14.8 Å². The highest BCUT2D eigenvalue weighted by Gasteiger charge is 2.22. The summed E-state index contributed by atoms with van der Waals surface area (Å²) in [4.78, 5) is 18.9. The minimum absolute atomic E-state index is 0.0485. The van der Waals surface area contributed by atoms with Gasteiger partial charge in [0.05, 0.1) is 25.1 Å². The third-order valence-corrected chi connectivity index (χ3v) is 2.28. The van der Waals surface area contributed by atoms with Crippen LogP contribution in [0, 0.1) is 0 Å². The molecule has 18 heavy (non-hydrogen) atoms. The number of carbonyl (C=O) groups excluding carboxylic acids is 1.